The Morgan fingerprint density at radius 1 is 0.944 bits per heavy atom. The van der Waals surface area contributed by atoms with E-state index in [0.29, 0.717) is 11.3 Å². The van der Waals surface area contributed by atoms with Gasteiger partial charge in [-0.2, -0.15) is 0 Å². The molecule has 0 N–H and O–H groups in total. The summed E-state index contributed by atoms with van der Waals surface area (Å²) < 4.78 is 0. The van der Waals surface area contributed by atoms with Crippen molar-refractivity contribution in [1.29, 1.82) is 0 Å². The smallest absolute Gasteiger partial charge is 0.268 e. The van der Waals surface area contributed by atoms with E-state index in [2.05, 4.69) is 9.97 Å². The summed E-state index contributed by atoms with van der Waals surface area (Å²) >= 11 is 0. The van der Waals surface area contributed by atoms with Gasteiger partial charge in [0.2, 0.25) is 0 Å². The van der Waals surface area contributed by atoms with Crippen LogP contribution in [0.25, 0.3) is 0 Å². The Balaban J connectivity index is 1.93. The van der Waals surface area contributed by atoms with Crippen LogP contribution >= 0.6 is 0 Å². The molecule has 0 bridgehead atoms. The van der Waals surface area contributed by atoms with Crippen LogP contribution in [0.5, 0.6) is 0 Å². The second-order valence-electron chi connectivity index (χ2n) is 3.92. The number of imide groups is 1. The Bertz CT molecular complexity index is 590. The highest BCUT2D eigenvalue weighted by atomic mass is 16.2. The number of rotatable bonds is 2. The normalized spacial score (nSPS) is 13.9. The topological polar surface area (TPSA) is 63.2 Å². The van der Waals surface area contributed by atoms with Crippen LogP contribution in [0.1, 0.15) is 26.5 Å². The first kappa shape index (κ1) is 10.6. The number of carbonyl (C=O) groups is 2. The maximum atomic E-state index is 12.0. The molecule has 1 aliphatic heterocycles. The summed E-state index contributed by atoms with van der Waals surface area (Å²) in [7, 11) is 0. The van der Waals surface area contributed by atoms with E-state index < -0.39 is 0 Å². The van der Waals surface area contributed by atoms with Gasteiger partial charge in [-0.25, -0.2) is 0 Å². The summed E-state index contributed by atoms with van der Waals surface area (Å²) in [6.45, 7) is 0.175. The van der Waals surface area contributed by atoms with Crippen LogP contribution < -0.4 is 0 Å². The molecule has 5 heteroatoms. The van der Waals surface area contributed by atoms with Crippen molar-refractivity contribution in [2.75, 3.05) is 0 Å². The lowest BCUT2D eigenvalue weighted by molar-refractivity contribution is 0.0638. The minimum atomic E-state index is -0.360. The molecule has 0 saturated heterocycles. The van der Waals surface area contributed by atoms with Crippen molar-refractivity contribution in [2.24, 2.45) is 0 Å². The molecule has 2 aromatic heterocycles. The van der Waals surface area contributed by atoms with Crippen LogP contribution in [0.3, 0.4) is 0 Å². The van der Waals surface area contributed by atoms with Crippen molar-refractivity contribution in [1.82, 2.24) is 14.9 Å². The van der Waals surface area contributed by atoms with Crippen LogP contribution in [0.4, 0.5) is 0 Å². The van der Waals surface area contributed by atoms with Crippen molar-refractivity contribution < 1.29 is 9.59 Å². The van der Waals surface area contributed by atoms with E-state index in [4.69, 9.17) is 0 Å². The fourth-order valence-corrected chi connectivity index (χ4v) is 1.91. The summed E-state index contributed by atoms with van der Waals surface area (Å²) in [5.74, 6) is -0.671. The Labute approximate surface area is 103 Å². The van der Waals surface area contributed by atoms with Gasteiger partial charge in [0.1, 0.15) is 5.69 Å². The second-order valence-corrected chi connectivity index (χ2v) is 3.92. The minimum absolute atomic E-state index is 0.175. The van der Waals surface area contributed by atoms with Crippen molar-refractivity contribution in [3.8, 4) is 0 Å². The molecular weight excluding hydrogens is 230 g/mol. The largest absolute Gasteiger partial charge is 0.280 e. The lowest BCUT2D eigenvalue weighted by atomic mass is 10.2. The van der Waals surface area contributed by atoms with Crippen molar-refractivity contribution in [3.63, 3.8) is 0 Å². The number of amides is 2. The van der Waals surface area contributed by atoms with Crippen LogP contribution in [-0.2, 0) is 6.54 Å². The van der Waals surface area contributed by atoms with Gasteiger partial charge in [0.15, 0.2) is 0 Å². The van der Waals surface area contributed by atoms with Gasteiger partial charge in [0.25, 0.3) is 11.8 Å². The van der Waals surface area contributed by atoms with E-state index in [-0.39, 0.29) is 24.1 Å². The van der Waals surface area contributed by atoms with E-state index >= 15 is 0 Å². The third-order valence-corrected chi connectivity index (χ3v) is 2.78. The number of hydrogen-bond donors (Lipinski definition) is 0. The van der Waals surface area contributed by atoms with Gasteiger partial charge in [0.05, 0.1) is 17.8 Å². The first-order valence-electron chi connectivity index (χ1n) is 5.48. The summed E-state index contributed by atoms with van der Waals surface area (Å²) in [5, 5.41) is 0. The highest BCUT2D eigenvalue weighted by Gasteiger charge is 2.36. The van der Waals surface area contributed by atoms with Gasteiger partial charge in [-0.1, -0.05) is 6.07 Å². The summed E-state index contributed by atoms with van der Waals surface area (Å²) in [5.41, 5.74) is 1.25. The Morgan fingerprint density at radius 3 is 2.50 bits per heavy atom. The molecular formula is C13H9N3O2. The molecule has 0 radical (unpaired) electrons. The average Bonchev–Trinajstić information content (AvgIpc) is 2.66. The molecule has 0 fully saturated rings. The number of carbonyl (C=O) groups excluding carboxylic acids is 2. The number of nitrogens with zero attached hydrogens (tertiary/aromatic N) is 3. The minimum Gasteiger partial charge on any atom is -0.268 e. The van der Waals surface area contributed by atoms with E-state index in [9.17, 15) is 9.59 Å². The molecule has 0 spiro atoms. The number of aromatic nitrogens is 2. The van der Waals surface area contributed by atoms with E-state index in [1.807, 2.05) is 6.07 Å². The summed E-state index contributed by atoms with van der Waals surface area (Å²) in [4.78, 5) is 33.3. The molecule has 0 aromatic carbocycles. The van der Waals surface area contributed by atoms with Crippen molar-refractivity contribution in [3.05, 3.63) is 59.7 Å². The third kappa shape index (κ3) is 1.57. The molecule has 0 unspecified atom stereocenters. The fourth-order valence-electron chi connectivity index (χ4n) is 1.91. The molecule has 0 atom stereocenters. The maximum absolute atomic E-state index is 12.0. The molecule has 0 saturated carbocycles. The summed E-state index contributed by atoms with van der Waals surface area (Å²) in [6.07, 6.45) is 3.14. The SMILES string of the molecule is O=C1c2cccnc2C(=O)N1Cc1ccccn1. The molecule has 0 aliphatic carbocycles. The first-order valence-corrected chi connectivity index (χ1v) is 5.48. The second kappa shape index (κ2) is 4.03. The zero-order valence-electron chi connectivity index (χ0n) is 9.41. The number of hydrogen-bond acceptors (Lipinski definition) is 4. The maximum Gasteiger partial charge on any atom is 0.280 e. The lowest BCUT2D eigenvalue weighted by Gasteiger charge is -2.12. The lowest BCUT2D eigenvalue weighted by Crippen LogP contribution is -2.29. The molecule has 88 valence electrons. The van der Waals surface area contributed by atoms with Crippen LogP contribution in [-0.4, -0.2) is 26.7 Å². The molecule has 2 amide bonds. The van der Waals surface area contributed by atoms with Gasteiger partial charge < -0.3 is 0 Å². The third-order valence-electron chi connectivity index (χ3n) is 2.78. The zero-order valence-corrected chi connectivity index (χ0v) is 9.41. The van der Waals surface area contributed by atoms with Crippen LogP contribution in [0.15, 0.2) is 42.7 Å². The number of fused-ring (bicyclic) bond motifs is 1. The standard InChI is InChI=1S/C13H9N3O2/c17-12-10-5-3-7-15-11(10)13(18)16(12)8-9-4-1-2-6-14-9/h1-7H,8H2. The fraction of sp³-hybridized carbons (Fsp3) is 0.0769. The average molecular weight is 239 g/mol. The van der Waals surface area contributed by atoms with Crippen LogP contribution in [0, 0.1) is 0 Å². The predicted molar refractivity (Wildman–Crippen MR) is 62.7 cm³/mol. The molecule has 1 aliphatic rings. The first-order chi connectivity index (χ1) is 8.77. The Hall–Kier alpha value is -2.56. The quantitative estimate of drug-likeness (QED) is 0.740. The van der Waals surface area contributed by atoms with Crippen molar-refractivity contribution >= 4 is 11.8 Å². The molecule has 2 aromatic rings. The monoisotopic (exact) mass is 239 g/mol. The molecule has 18 heavy (non-hydrogen) atoms. The van der Waals surface area contributed by atoms with E-state index in [1.54, 1.807) is 30.5 Å². The Kier molecular flexibility index (Phi) is 2.37. The van der Waals surface area contributed by atoms with Gasteiger partial charge in [-0.05, 0) is 24.3 Å². The predicted octanol–water partition coefficient (Wildman–Crippen LogP) is 1.27. The van der Waals surface area contributed by atoms with E-state index in [1.165, 1.54) is 11.1 Å². The van der Waals surface area contributed by atoms with Gasteiger partial charge in [-0.3, -0.25) is 24.5 Å². The van der Waals surface area contributed by atoms with Gasteiger partial charge in [-0.15, -0.1) is 0 Å². The molecule has 3 rings (SSSR count). The molecule has 3 heterocycles. The summed E-state index contributed by atoms with van der Waals surface area (Å²) in [6, 6.07) is 8.64. The highest BCUT2D eigenvalue weighted by Crippen LogP contribution is 2.21. The van der Waals surface area contributed by atoms with Gasteiger partial charge >= 0.3 is 0 Å². The van der Waals surface area contributed by atoms with Gasteiger partial charge in [0, 0.05) is 12.4 Å². The van der Waals surface area contributed by atoms with Crippen molar-refractivity contribution in [2.45, 2.75) is 6.54 Å². The Morgan fingerprint density at radius 2 is 1.78 bits per heavy atom. The molecule has 5 nitrogen and oxygen atoms in total. The van der Waals surface area contributed by atoms with Crippen LogP contribution in [0.2, 0.25) is 0 Å². The van der Waals surface area contributed by atoms with E-state index in [0.717, 1.165) is 0 Å². The number of pyridine rings is 2. The zero-order chi connectivity index (χ0) is 12.5. The highest BCUT2D eigenvalue weighted by molar-refractivity contribution is 6.20.